The lowest BCUT2D eigenvalue weighted by atomic mass is 9.97. The summed E-state index contributed by atoms with van der Waals surface area (Å²) in [4.78, 5) is 35.5. The van der Waals surface area contributed by atoms with Crippen molar-refractivity contribution in [3.05, 3.63) is 76.4 Å². The topological polar surface area (TPSA) is 96.5 Å². The number of nitrogens with one attached hydrogen (secondary N) is 2. The summed E-state index contributed by atoms with van der Waals surface area (Å²) in [7, 11) is 0. The van der Waals surface area contributed by atoms with Gasteiger partial charge in [0.15, 0.2) is 11.5 Å². The number of H-pyrrole nitrogens is 1. The molecule has 2 aromatic heterocycles. The van der Waals surface area contributed by atoms with Crippen molar-refractivity contribution in [3.8, 4) is 11.5 Å². The fraction of sp³-hybridized carbons (Fsp3) is 0.321. The van der Waals surface area contributed by atoms with Crippen LogP contribution in [-0.2, 0) is 11.2 Å². The molecule has 2 amide bonds. The molecule has 190 valence electrons. The van der Waals surface area contributed by atoms with Crippen LogP contribution in [0.5, 0.6) is 11.5 Å². The van der Waals surface area contributed by atoms with Crippen LogP contribution < -0.4 is 14.8 Å². The summed E-state index contributed by atoms with van der Waals surface area (Å²) in [6, 6.07) is 15.6. The van der Waals surface area contributed by atoms with Crippen molar-refractivity contribution in [1.82, 2.24) is 20.2 Å². The number of aromatic nitrogens is 2. The Balaban J connectivity index is 0.990. The van der Waals surface area contributed by atoms with Crippen molar-refractivity contribution >= 4 is 34.1 Å². The third kappa shape index (κ3) is 5.04. The van der Waals surface area contributed by atoms with Gasteiger partial charge in [0.05, 0.1) is 18.0 Å². The second-order valence-electron chi connectivity index (χ2n) is 9.47. The molecule has 9 heteroatoms. The minimum Gasteiger partial charge on any atom is -0.486 e. The molecule has 2 N–H and O–H groups in total. The maximum Gasteiger partial charge on any atom is 0.270 e. The normalized spacial score (nSPS) is 17.6. The number of aromatic amines is 1. The molecule has 0 radical (unpaired) electrons. The Bertz CT molecular complexity index is 1420. The number of carbonyl (C=O) groups is 2. The summed E-state index contributed by atoms with van der Waals surface area (Å²) in [5.74, 6) is 1.61. The number of ether oxygens (including phenoxy) is 2. The summed E-state index contributed by atoms with van der Waals surface area (Å²) in [5.41, 5.74) is 2.51. The van der Waals surface area contributed by atoms with Crippen LogP contribution >= 0.6 is 11.3 Å². The van der Waals surface area contributed by atoms with Gasteiger partial charge in [0.1, 0.15) is 18.4 Å². The van der Waals surface area contributed by atoms with Crippen molar-refractivity contribution in [1.29, 1.82) is 0 Å². The molecule has 37 heavy (non-hydrogen) atoms. The fourth-order valence-corrected chi connectivity index (χ4v) is 5.94. The molecule has 1 saturated heterocycles. The number of para-hydroxylation sites is 3. The van der Waals surface area contributed by atoms with Crippen LogP contribution in [0, 0.1) is 0 Å². The van der Waals surface area contributed by atoms with E-state index >= 15 is 0 Å². The van der Waals surface area contributed by atoms with Gasteiger partial charge in [-0.3, -0.25) is 9.59 Å². The lowest BCUT2D eigenvalue weighted by molar-refractivity contribution is -0.131. The zero-order chi connectivity index (χ0) is 25.2. The molecule has 0 bridgehead atoms. The standard InChI is InChI=1S/C28H28N4O4S/c33-26(13-19-14-29-22-6-2-1-5-21(19)22)32-11-9-18(10-12-32)28-31-23(17-37-28)27(34)30-15-20-16-35-24-7-3-4-8-25(24)36-20/h1-8,14,17-18,20,29H,9-13,15-16H2,(H,30,34). The number of piperidine rings is 1. The van der Waals surface area contributed by atoms with Crippen molar-refractivity contribution in [2.75, 3.05) is 26.2 Å². The number of nitrogens with zero attached hydrogens (tertiary/aromatic N) is 2. The summed E-state index contributed by atoms with van der Waals surface area (Å²) in [5, 5.41) is 6.79. The van der Waals surface area contributed by atoms with Gasteiger partial charge >= 0.3 is 0 Å². The first-order valence-corrected chi connectivity index (χ1v) is 13.5. The van der Waals surface area contributed by atoms with Gasteiger partial charge in [-0.25, -0.2) is 4.98 Å². The first-order chi connectivity index (χ1) is 18.1. The van der Waals surface area contributed by atoms with E-state index in [1.807, 2.05) is 65.0 Å². The summed E-state index contributed by atoms with van der Waals surface area (Å²) in [6.07, 6.45) is 3.78. The molecule has 4 aromatic rings. The third-order valence-corrected chi connectivity index (χ3v) is 8.03. The average molecular weight is 517 g/mol. The van der Waals surface area contributed by atoms with Crippen molar-refractivity contribution in [2.24, 2.45) is 0 Å². The highest BCUT2D eigenvalue weighted by Gasteiger charge is 2.27. The smallest absolute Gasteiger partial charge is 0.270 e. The van der Waals surface area contributed by atoms with Crippen LogP contribution in [0.15, 0.2) is 60.1 Å². The first kappa shape index (κ1) is 23.5. The maximum atomic E-state index is 12.9. The molecule has 2 aliphatic rings. The van der Waals surface area contributed by atoms with Crippen LogP contribution in [0.4, 0.5) is 0 Å². The summed E-state index contributed by atoms with van der Waals surface area (Å²) < 4.78 is 11.6. The Labute approximate surface area is 218 Å². The quantitative estimate of drug-likeness (QED) is 0.402. The van der Waals surface area contributed by atoms with E-state index in [1.165, 1.54) is 11.3 Å². The molecule has 2 aromatic carbocycles. The van der Waals surface area contributed by atoms with Crippen LogP contribution in [0.1, 0.15) is 39.8 Å². The molecule has 0 spiro atoms. The van der Waals surface area contributed by atoms with Crippen LogP contribution in [0.25, 0.3) is 10.9 Å². The highest BCUT2D eigenvalue weighted by Crippen LogP contribution is 2.32. The summed E-state index contributed by atoms with van der Waals surface area (Å²) in [6.45, 7) is 2.13. The van der Waals surface area contributed by atoms with Gasteiger partial charge in [-0.2, -0.15) is 0 Å². The third-order valence-electron chi connectivity index (χ3n) is 7.03. The molecule has 1 fully saturated rings. The lowest BCUT2D eigenvalue weighted by Gasteiger charge is -2.31. The first-order valence-electron chi connectivity index (χ1n) is 12.6. The van der Waals surface area contributed by atoms with E-state index in [4.69, 9.17) is 9.47 Å². The van der Waals surface area contributed by atoms with Gasteiger partial charge < -0.3 is 24.7 Å². The maximum absolute atomic E-state index is 12.9. The fourth-order valence-electron chi connectivity index (χ4n) is 4.97. The minimum atomic E-state index is -0.247. The Morgan fingerprint density at radius 3 is 2.73 bits per heavy atom. The molecule has 4 heterocycles. The van der Waals surface area contributed by atoms with E-state index in [-0.39, 0.29) is 23.8 Å². The molecule has 6 rings (SSSR count). The molecule has 0 saturated carbocycles. The number of likely N-dealkylation sites (tertiary alicyclic amines) is 1. The zero-order valence-corrected chi connectivity index (χ0v) is 21.1. The van der Waals surface area contributed by atoms with E-state index in [0.29, 0.717) is 44.1 Å². The lowest BCUT2D eigenvalue weighted by Crippen LogP contribution is -2.40. The Kier molecular flexibility index (Phi) is 6.53. The largest absolute Gasteiger partial charge is 0.486 e. The van der Waals surface area contributed by atoms with Crippen LogP contribution in [0.2, 0.25) is 0 Å². The summed E-state index contributed by atoms with van der Waals surface area (Å²) >= 11 is 1.52. The predicted molar refractivity (Wildman–Crippen MR) is 141 cm³/mol. The minimum absolute atomic E-state index is 0.152. The Morgan fingerprint density at radius 1 is 1.08 bits per heavy atom. The zero-order valence-electron chi connectivity index (χ0n) is 20.3. The van der Waals surface area contributed by atoms with Gasteiger partial charge in [0, 0.05) is 41.5 Å². The second kappa shape index (κ2) is 10.3. The van der Waals surface area contributed by atoms with E-state index < -0.39 is 0 Å². The predicted octanol–water partition coefficient (Wildman–Crippen LogP) is 4.14. The molecule has 0 aliphatic carbocycles. The second-order valence-corrected chi connectivity index (χ2v) is 10.4. The number of thiazole rings is 1. The Morgan fingerprint density at radius 2 is 1.86 bits per heavy atom. The average Bonchev–Trinajstić information content (AvgIpc) is 3.60. The van der Waals surface area contributed by atoms with E-state index in [1.54, 1.807) is 0 Å². The van der Waals surface area contributed by atoms with Gasteiger partial charge in [-0.05, 0) is 36.6 Å². The number of amides is 2. The van der Waals surface area contributed by atoms with Gasteiger partial charge in [0.2, 0.25) is 5.91 Å². The van der Waals surface area contributed by atoms with Gasteiger partial charge in [-0.1, -0.05) is 30.3 Å². The highest BCUT2D eigenvalue weighted by molar-refractivity contribution is 7.09. The number of fused-ring (bicyclic) bond motifs is 2. The highest BCUT2D eigenvalue weighted by atomic mass is 32.1. The molecule has 1 unspecified atom stereocenters. The van der Waals surface area contributed by atoms with Crippen molar-refractivity contribution in [3.63, 3.8) is 0 Å². The van der Waals surface area contributed by atoms with Crippen molar-refractivity contribution in [2.45, 2.75) is 31.3 Å². The number of rotatable bonds is 6. The van der Waals surface area contributed by atoms with E-state index in [0.717, 1.165) is 40.1 Å². The van der Waals surface area contributed by atoms with E-state index in [2.05, 4.69) is 15.3 Å². The van der Waals surface area contributed by atoms with Gasteiger partial charge in [0.25, 0.3) is 5.91 Å². The Hall–Kier alpha value is -3.85. The van der Waals surface area contributed by atoms with Gasteiger partial charge in [-0.15, -0.1) is 11.3 Å². The number of carbonyl (C=O) groups excluding carboxylic acids is 2. The monoisotopic (exact) mass is 516 g/mol. The van der Waals surface area contributed by atoms with Crippen LogP contribution in [-0.4, -0.2) is 59.0 Å². The molecule has 8 nitrogen and oxygen atoms in total. The SMILES string of the molecule is O=C(NCC1COc2ccccc2O1)c1csc(C2CCN(C(=O)Cc3c[nH]c4ccccc34)CC2)n1. The molecular weight excluding hydrogens is 488 g/mol. The van der Waals surface area contributed by atoms with E-state index in [9.17, 15) is 9.59 Å². The van der Waals surface area contributed by atoms with Crippen LogP contribution in [0.3, 0.4) is 0 Å². The molecular formula is C28H28N4O4S. The van der Waals surface area contributed by atoms with Crippen molar-refractivity contribution < 1.29 is 19.1 Å². The number of hydrogen-bond acceptors (Lipinski definition) is 6. The molecule has 1 atom stereocenters. The number of hydrogen-bond donors (Lipinski definition) is 2. The molecule has 2 aliphatic heterocycles. The number of benzene rings is 2.